The zero-order chi connectivity index (χ0) is 14.2. The fourth-order valence-electron chi connectivity index (χ4n) is 2.34. The molecule has 2 atom stereocenters. The largest absolute Gasteiger partial charge is 0.328 e. The molecule has 0 amide bonds. The topological polar surface area (TPSA) is 94.1 Å². The summed E-state index contributed by atoms with van der Waals surface area (Å²) in [5, 5.41) is 7.55. The van der Waals surface area contributed by atoms with Gasteiger partial charge in [-0.1, -0.05) is 5.21 Å². The summed E-state index contributed by atoms with van der Waals surface area (Å²) in [7, 11) is -2.01. The average Bonchev–Trinajstić information content (AvgIpc) is 2.69. The molecule has 2 N–H and O–H groups in total. The van der Waals surface area contributed by atoms with Crippen molar-refractivity contribution >= 4 is 26.0 Å². The van der Waals surface area contributed by atoms with Gasteiger partial charge in [0, 0.05) is 26.2 Å². The second kappa shape index (κ2) is 5.47. The van der Waals surface area contributed by atoms with E-state index in [4.69, 9.17) is 5.73 Å². The fourth-order valence-corrected chi connectivity index (χ4v) is 4.91. The summed E-state index contributed by atoms with van der Waals surface area (Å²) in [5.41, 5.74) is 5.89. The van der Waals surface area contributed by atoms with E-state index in [1.165, 1.54) is 8.99 Å². The lowest BCUT2D eigenvalue weighted by molar-refractivity contribution is 0.242. The Balaban J connectivity index is 2.30. The minimum absolute atomic E-state index is 0.00824. The lowest BCUT2D eigenvalue weighted by atomic mass is 9.93. The van der Waals surface area contributed by atoms with Crippen LogP contribution in [0.1, 0.15) is 19.8 Å². The standard InChI is InChI=1S/C10H18BrN5O2S/c1-7(12)8-4-3-5-16(6-8)19(17,18)10-9(11)13-14-15(10)2/h7-8H,3-6,12H2,1-2H3. The molecule has 0 aliphatic carbocycles. The number of hydrogen-bond acceptors (Lipinski definition) is 5. The monoisotopic (exact) mass is 351 g/mol. The van der Waals surface area contributed by atoms with Crippen LogP contribution in [0.3, 0.4) is 0 Å². The number of aryl methyl sites for hydroxylation is 1. The maximum atomic E-state index is 12.6. The zero-order valence-electron chi connectivity index (χ0n) is 11.0. The quantitative estimate of drug-likeness (QED) is 0.846. The maximum absolute atomic E-state index is 12.6. The SMILES string of the molecule is CC(N)C1CCCN(S(=O)(=O)c2c(Br)nnn2C)C1. The Morgan fingerprint density at radius 2 is 2.21 bits per heavy atom. The van der Waals surface area contributed by atoms with E-state index in [0.29, 0.717) is 13.1 Å². The number of rotatable bonds is 3. The number of aromatic nitrogens is 3. The fraction of sp³-hybridized carbons (Fsp3) is 0.800. The van der Waals surface area contributed by atoms with Gasteiger partial charge in [0.15, 0.2) is 4.60 Å². The normalized spacial score (nSPS) is 23.5. The first-order valence-corrected chi connectivity index (χ1v) is 8.38. The van der Waals surface area contributed by atoms with E-state index in [2.05, 4.69) is 26.2 Å². The Labute approximate surface area is 121 Å². The Morgan fingerprint density at radius 1 is 1.53 bits per heavy atom. The maximum Gasteiger partial charge on any atom is 0.263 e. The Kier molecular flexibility index (Phi) is 4.29. The molecule has 0 spiro atoms. The number of halogens is 1. The van der Waals surface area contributed by atoms with Crippen LogP contribution in [0.2, 0.25) is 0 Å². The molecule has 1 aliphatic heterocycles. The molecule has 108 valence electrons. The molecular weight excluding hydrogens is 334 g/mol. The summed E-state index contributed by atoms with van der Waals surface area (Å²) in [6.45, 7) is 2.89. The third-order valence-corrected chi connectivity index (χ3v) is 6.24. The molecule has 2 heterocycles. The molecule has 7 nitrogen and oxygen atoms in total. The molecule has 1 aromatic rings. The molecule has 0 saturated carbocycles. The van der Waals surface area contributed by atoms with Crippen molar-refractivity contribution in [1.82, 2.24) is 19.3 Å². The molecule has 0 bridgehead atoms. The third kappa shape index (κ3) is 2.83. The van der Waals surface area contributed by atoms with Gasteiger partial charge in [0.1, 0.15) is 0 Å². The first kappa shape index (κ1) is 14.9. The highest BCUT2D eigenvalue weighted by Crippen LogP contribution is 2.27. The molecule has 1 aromatic heterocycles. The predicted molar refractivity (Wildman–Crippen MR) is 73.8 cm³/mol. The molecule has 2 unspecified atom stereocenters. The van der Waals surface area contributed by atoms with Gasteiger partial charge in [0.25, 0.3) is 10.0 Å². The highest BCUT2D eigenvalue weighted by atomic mass is 79.9. The van der Waals surface area contributed by atoms with Crippen molar-refractivity contribution in [3.8, 4) is 0 Å². The van der Waals surface area contributed by atoms with Gasteiger partial charge < -0.3 is 5.73 Å². The minimum Gasteiger partial charge on any atom is -0.328 e. The van der Waals surface area contributed by atoms with Crippen molar-refractivity contribution < 1.29 is 8.42 Å². The van der Waals surface area contributed by atoms with Gasteiger partial charge in [-0.25, -0.2) is 13.1 Å². The van der Waals surface area contributed by atoms with Crippen LogP contribution in [0, 0.1) is 5.92 Å². The van der Waals surface area contributed by atoms with Gasteiger partial charge in [-0.2, -0.15) is 4.31 Å². The number of piperidine rings is 1. The summed E-state index contributed by atoms with van der Waals surface area (Å²) in [6.07, 6.45) is 1.79. The zero-order valence-corrected chi connectivity index (χ0v) is 13.4. The van der Waals surface area contributed by atoms with Crippen LogP contribution in [-0.2, 0) is 17.1 Å². The molecule has 1 aliphatic rings. The van der Waals surface area contributed by atoms with Crippen LogP contribution < -0.4 is 5.73 Å². The summed E-state index contributed by atoms with van der Waals surface area (Å²) in [6, 6.07) is -0.00824. The number of nitrogens with zero attached hydrogens (tertiary/aromatic N) is 4. The average molecular weight is 352 g/mol. The van der Waals surface area contributed by atoms with Crippen molar-refractivity contribution in [2.24, 2.45) is 18.7 Å². The van der Waals surface area contributed by atoms with Crippen molar-refractivity contribution in [2.45, 2.75) is 30.8 Å². The molecule has 1 fully saturated rings. The first-order chi connectivity index (χ1) is 8.84. The molecule has 1 saturated heterocycles. The molecule has 0 radical (unpaired) electrons. The van der Waals surface area contributed by atoms with Gasteiger partial charge >= 0.3 is 0 Å². The lowest BCUT2D eigenvalue weighted by Crippen LogP contribution is -2.45. The van der Waals surface area contributed by atoms with Crippen LogP contribution >= 0.6 is 15.9 Å². The summed E-state index contributed by atoms with van der Waals surface area (Å²) < 4.78 is 28.2. The van der Waals surface area contributed by atoms with Crippen LogP contribution in [0.4, 0.5) is 0 Å². The second-order valence-corrected chi connectivity index (χ2v) is 7.54. The summed E-state index contributed by atoms with van der Waals surface area (Å²) >= 11 is 3.14. The van der Waals surface area contributed by atoms with Gasteiger partial charge in [0.2, 0.25) is 5.03 Å². The van der Waals surface area contributed by atoms with Crippen LogP contribution in [0.5, 0.6) is 0 Å². The van der Waals surface area contributed by atoms with E-state index in [9.17, 15) is 8.42 Å². The molecular formula is C10H18BrN5O2S. The number of sulfonamides is 1. The first-order valence-electron chi connectivity index (χ1n) is 6.15. The predicted octanol–water partition coefficient (Wildman–Crippen LogP) is 0.326. The van der Waals surface area contributed by atoms with E-state index in [1.807, 2.05) is 6.92 Å². The van der Waals surface area contributed by atoms with Crippen LogP contribution in [0.25, 0.3) is 0 Å². The highest BCUT2D eigenvalue weighted by molar-refractivity contribution is 9.10. The molecule has 0 aromatic carbocycles. The second-order valence-electron chi connectivity index (χ2n) is 4.93. The molecule has 2 rings (SSSR count). The smallest absolute Gasteiger partial charge is 0.263 e. The minimum atomic E-state index is -3.58. The van der Waals surface area contributed by atoms with Crippen molar-refractivity contribution in [2.75, 3.05) is 13.1 Å². The Hall–Kier alpha value is -0.510. The number of hydrogen-bond donors (Lipinski definition) is 1. The lowest BCUT2D eigenvalue weighted by Gasteiger charge is -2.33. The van der Waals surface area contributed by atoms with E-state index in [0.717, 1.165) is 12.8 Å². The van der Waals surface area contributed by atoms with Gasteiger partial charge in [-0.05, 0) is 41.6 Å². The van der Waals surface area contributed by atoms with Gasteiger partial charge in [0.05, 0.1) is 0 Å². The summed E-state index contributed by atoms with van der Waals surface area (Å²) in [4.78, 5) is 0. The Bertz CT molecular complexity index is 537. The van der Waals surface area contributed by atoms with Crippen LogP contribution in [-0.4, -0.2) is 46.8 Å². The van der Waals surface area contributed by atoms with Gasteiger partial charge in [-0.3, -0.25) is 0 Å². The molecule has 19 heavy (non-hydrogen) atoms. The van der Waals surface area contributed by atoms with E-state index in [1.54, 1.807) is 7.05 Å². The van der Waals surface area contributed by atoms with Crippen molar-refractivity contribution in [1.29, 1.82) is 0 Å². The van der Waals surface area contributed by atoms with E-state index in [-0.39, 0.29) is 21.6 Å². The highest BCUT2D eigenvalue weighted by Gasteiger charge is 2.35. The van der Waals surface area contributed by atoms with Crippen molar-refractivity contribution in [3.05, 3.63) is 4.60 Å². The van der Waals surface area contributed by atoms with E-state index < -0.39 is 10.0 Å². The third-order valence-electron chi connectivity index (χ3n) is 3.49. The van der Waals surface area contributed by atoms with E-state index >= 15 is 0 Å². The molecule has 9 heteroatoms. The van der Waals surface area contributed by atoms with Crippen LogP contribution in [0.15, 0.2) is 9.63 Å². The summed E-state index contributed by atoms with van der Waals surface area (Å²) in [5.74, 6) is 0.198. The number of nitrogens with two attached hydrogens (primary N) is 1. The van der Waals surface area contributed by atoms with Gasteiger partial charge in [-0.15, -0.1) is 5.10 Å². The van der Waals surface area contributed by atoms with Crippen molar-refractivity contribution in [3.63, 3.8) is 0 Å². The Morgan fingerprint density at radius 3 is 2.74 bits per heavy atom.